The van der Waals surface area contributed by atoms with Gasteiger partial charge in [0.05, 0.1) is 5.69 Å². The number of aromatic nitrogens is 2. The highest BCUT2D eigenvalue weighted by Gasteiger charge is 2.28. The number of ether oxygens (including phenoxy) is 1. The second kappa shape index (κ2) is 7.91. The van der Waals surface area contributed by atoms with Gasteiger partial charge in [-0.2, -0.15) is 5.10 Å². The lowest BCUT2D eigenvalue weighted by molar-refractivity contribution is -0.119. The first-order valence-electron chi connectivity index (χ1n) is 9.73. The number of nitrogens with zero attached hydrogens (tertiary/aromatic N) is 2. The number of esters is 1. The van der Waals surface area contributed by atoms with Gasteiger partial charge in [0, 0.05) is 16.9 Å². The lowest BCUT2D eigenvalue weighted by Crippen LogP contribution is -2.21. The summed E-state index contributed by atoms with van der Waals surface area (Å²) in [6.45, 7) is 3.58. The molecule has 0 bridgehead atoms. The molecule has 6 nitrogen and oxygen atoms in total. The standard InChI is InChI=1S/C23H23N3O3/c1-15-11-16(2)13-17(12-15)24-21(27)14-29-23(28)22-19-9-6-10-20(19)26(25-22)18-7-4-3-5-8-18/h3-5,7-8,11-13H,6,9-10,14H2,1-2H3,(H,24,27). The number of carbonyl (C=O) groups is 2. The Hall–Kier alpha value is -3.41. The molecule has 0 spiro atoms. The van der Waals surface area contributed by atoms with E-state index in [9.17, 15) is 9.59 Å². The summed E-state index contributed by atoms with van der Waals surface area (Å²) in [6.07, 6.45) is 2.65. The zero-order valence-corrected chi connectivity index (χ0v) is 16.6. The molecule has 1 aliphatic carbocycles. The normalized spacial score (nSPS) is 12.5. The molecule has 4 rings (SSSR count). The van der Waals surface area contributed by atoms with E-state index >= 15 is 0 Å². The van der Waals surface area contributed by atoms with Gasteiger partial charge in [-0.05, 0) is 68.5 Å². The van der Waals surface area contributed by atoms with E-state index < -0.39 is 5.97 Å². The summed E-state index contributed by atoms with van der Waals surface area (Å²) in [5.74, 6) is -0.934. The van der Waals surface area contributed by atoms with E-state index in [1.54, 1.807) is 0 Å². The number of nitrogens with one attached hydrogen (secondary N) is 1. The minimum Gasteiger partial charge on any atom is -0.451 e. The summed E-state index contributed by atoms with van der Waals surface area (Å²) in [4.78, 5) is 24.9. The van der Waals surface area contributed by atoms with Crippen LogP contribution in [0.2, 0.25) is 0 Å². The molecule has 0 radical (unpaired) electrons. The number of anilines is 1. The Morgan fingerprint density at radius 1 is 1.07 bits per heavy atom. The lowest BCUT2D eigenvalue weighted by Gasteiger charge is -2.08. The molecule has 1 N–H and O–H groups in total. The van der Waals surface area contributed by atoms with E-state index in [4.69, 9.17) is 4.74 Å². The molecule has 1 aliphatic rings. The van der Waals surface area contributed by atoms with Gasteiger partial charge in [-0.15, -0.1) is 0 Å². The molecule has 0 fully saturated rings. The number of para-hydroxylation sites is 1. The molecular formula is C23H23N3O3. The highest BCUT2D eigenvalue weighted by Crippen LogP contribution is 2.28. The molecule has 148 valence electrons. The number of rotatable bonds is 5. The quantitative estimate of drug-likeness (QED) is 0.674. The van der Waals surface area contributed by atoms with Crippen molar-refractivity contribution in [3.63, 3.8) is 0 Å². The van der Waals surface area contributed by atoms with Crippen LogP contribution < -0.4 is 5.32 Å². The minimum absolute atomic E-state index is 0.306. The van der Waals surface area contributed by atoms with Gasteiger partial charge in [-0.1, -0.05) is 24.3 Å². The summed E-state index contributed by atoms with van der Waals surface area (Å²) in [5, 5.41) is 7.27. The third kappa shape index (κ3) is 4.06. The van der Waals surface area contributed by atoms with E-state index in [0.717, 1.165) is 47.3 Å². The summed E-state index contributed by atoms with van der Waals surface area (Å²) in [5.41, 5.74) is 5.99. The minimum atomic E-state index is -0.562. The van der Waals surface area contributed by atoms with Gasteiger partial charge in [-0.25, -0.2) is 9.48 Å². The molecule has 1 aromatic heterocycles. The van der Waals surface area contributed by atoms with E-state index in [-0.39, 0.29) is 12.5 Å². The molecule has 0 saturated carbocycles. The van der Waals surface area contributed by atoms with Crippen molar-refractivity contribution in [3.05, 3.63) is 76.6 Å². The Balaban J connectivity index is 1.46. The van der Waals surface area contributed by atoms with E-state index in [0.29, 0.717) is 11.4 Å². The number of benzene rings is 2. The van der Waals surface area contributed by atoms with Crippen molar-refractivity contribution >= 4 is 17.6 Å². The summed E-state index contributed by atoms with van der Waals surface area (Å²) < 4.78 is 7.08. The van der Waals surface area contributed by atoms with Crippen LogP contribution in [0.3, 0.4) is 0 Å². The molecular weight excluding hydrogens is 366 g/mol. The maximum Gasteiger partial charge on any atom is 0.359 e. The van der Waals surface area contributed by atoms with Crippen LogP contribution in [-0.4, -0.2) is 28.3 Å². The molecule has 1 amide bonds. The van der Waals surface area contributed by atoms with Gasteiger partial charge in [0.1, 0.15) is 0 Å². The number of hydrogen-bond acceptors (Lipinski definition) is 4. The Morgan fingerprint density at radius 2 is 1.79 bits per heavy atom. The van der Waals surface area contributed by atoms with Crippen LogP contribution in [0.5, 0.6) is 0 Å². The molecule has 0 saturated heterocycles. The number of carbonyl (C=O) groups excluding carboxylic acids is 2. The number of hydrogen-bond donors (Lipinski definition) is 1. The fourth-order valence-electron chi connectivity index (χ4n) is 3.83. The summed E-state index contributed by atoms with van der Waals surface area (Å²) in [6, 6.07) is 15.5. The molecule has 0 atom stereocenters. The Bertz CT molecular complexity index is 1050. The van der Waals surface area contributed by atoms with Crippen molar-refractivity contribution in [1.82, 2.24) is 9.78 Å². The maximum atomic E-state index is 12.6. The SMILES string of the molecule is Cc1cc(C)cc(NC(=O)COC(=O)c2nn(-c3ccccc3)c3c2CCC3)c1. The van der Waals surface area contributed by atoms with Gasteiger partial charge in [-0.3, -0.25) is 4.79 Å². The third-order valence-electron chi connectivity index (χ3n) is 4.96. The van der Waals surface area contributed by atoms with Gasteiger partial charge >= 0.3 is 5.97 Å². The molecule has 0 unspecified atom stereocenters. The van der Waals surface area contributed by atoms with Crippen molar-refractivity contribution in [3.8, 4) is 5.69 Å². The highest BCUT2D eigenvalue weighted by atomic mass is 16.5. The lowest BCUT2D eigenvalue weighted by atomic mass is 10.1. The smallest absolute Gasteiger partial charge is 0.359 e. The van der Waals surface area contributed by atoms with Crippen LogP contribution in [-0.2, 0) is 22.4 Å². The van der Waals surface area contributed by atoms with Gasteiger partial charge in [0.2, 0.25) is 0 Å². The third-order valence-corrected chi connectivity index (χ3v) is 4.96. The maximum absolute atomic E-state index is 12.6. The average Bonchev–Trinajstić information content (AvgIpc) is 3.28. The van der Waals surface area contributed by atoms with Crippen LogP contribution in [0, 0.1) is 13.8 Å². The average molecular weight is 389 g/mol. The number of amides is 1. The second-order valence-corrected chi connectivity index (χ2v) is 7.38. The number of fused-ring (bicyclic) bond motifs is 1. The van der Waals surface area contributed by atoms with Crippen LogP contribution in [0.1, 0.15) is 39.3 Å². The fraction of sp³-hybridized carbons (Fsp3) is 0.261. The van der Waals surface area contributed by atoms with Crippen molar-refractivity contribution in [2.45, 2.75) is 33.1 Å². The van der Waals surface area contributed by atoms with Crippen molar-refractivity contribution < 1.29 is 14.3 Å². The first-order valence-corrected chi connectivity index (χ1v) is 9.73. The van der Waals surface area contributed by atoms with E-state index in [1.807, 2.05) is 67.1 Å². The molecule has 29 heavy (non-hydrogen) atoms. The van der Waals surface area contributed by atoms with Gasteiger partial charge in [0.25, 0.3) is 5.91 Å². The van der Waals surface area contributed by atoms with Crippen LogP contribution in [0.25, 0.3) is 5.69 Å². The van der Waals surface area contributed by atoms with Crippen molar-refractivity contribution in [1.29, 1.82) is 0 Å². The van der Waals surface area contributed by atoms with Crippen LogP contribution in [0.4, 0.5) is 5.69 Å². The first kappa shape index (κ1) is 18.9. The highest BCUT2D eigenvalue weighted by molar-refractivity contribution is 5.95. The van der Waals surface area contributed by atoms with Gasteiger partial charge in [0.15, 0.2) is 12.3 Å². The van der Waals surface area contributed by atoms with Crippen LogP contribution in [0.15, 0.2) is 48.5 Å². The Kier molecular flexibility index (Phi) is 5.16. The topological polar surface area (TPSA) is 73.2 Å². The van der Waals surface area contributed by atoms with Crippen molar-refractivity contribution in [2.24, 2.45) is 0 Å². The summed E-state index contributed by atoms with van der Waals surface area (Å²) in [7, 11) is 0. The Labute approximate surface area is 169 Å². The zero-order chi connectivity index (χ0) is 20.4. The second-order valence-electron chi connectivity index (χ2n) is 7.38. The largest absolute Gasteiger partial charge is 0.451 e. The monoisotopic (exact) mass is 389 g/mol. The summed E-state index contributed by atoms with van der Waals surface area (Å²) >= 11 is 0. The van der Waals surface area contributed by atoms with E-state index in [2.05, 4.69) is 10.4 Å². The zero-order valence-electron chi connectivity index (χ0n) is 16.6. The molecule has 3 aromatic rings. The molecule has 6 heteroatoms. The van der Waals surface area contributed by atoms with Crippen molar-refractivity contribution in [2.75, 3.05) is 11.9 Å². The molecule has 1 heterocycles. The molecule has 2 aromatic carbocycles. The first-order chi connectivity index (χ1) is 14.0. The predicted molar refractivity (Wildman–Crippen MR) is 110 cm³/mol. The number of aryl methyl sites for hydroxylation is 2. The van der Waals surface area contributed by atoms with E-state index in [1.165, 1.54) is 0 Å². The Morgan fingerprint density at radius 3 is 2.52 bits per heavy atom. The van der Waals surface area contributed by atoms with Crippen LogP contribution >= 0.6 is 0 Å². The van der Waals surface area contributed by atoms with Gasteiger partial charge < -0.3 is 10.1 Å². The fourth-order valence-corrected chi connectivity index (χ4v) is 3.83. The molecule has 0 aliphatic heterocycles. The predicted octanol–water partition coefficient (Wildman–Crippen LogP) is 3.77.